The molecular weight excluding hydrogens is 224 g/mol. The zero-order chi connectivity index (χ0) is 12.6. The molecule has 3 heteroatoms. The Morgan fingerprint density at radius 2 is 2.00 bits per heavy atom. The van der Waals surface area contributed by atoms with Crippen LogP contribution in [0.4, 0.5) is 0 Å². The Morgan fingerprint density at radius 1 is 1.22 bits per heavy atom. The summed E-state index contributed by atoms with van der Waals surface area (Å²) in [6, 6.07) is 0.663. The van der Waals surface area contributed by atoms with Crippen molar-refractivity contribution in [3.63, 3.8) is 0 Å². The number of hydrogen-bond acceptors (Lipinski definition) is 3. The van der Waals surface area contributed by atoms with E-state index in [0.717, 1.165) is 13.1 Å². The predicted molar refractivity (Wildman–Crippen MR) is 73.8 cm³/mol. The smallest absolute Gasteiger partial charge is 0.0706 e. The fourth-order valence-corrected chi connectivity index (χ4v) is 4.01. The summed E-state index contributed by atoms with van der Waals surface area (Å²) in [5.74, 6) is 0. The number of piperazine rings is 1. The molecule has 18 heavy (non-hydrogen) atoms. The Kier molecular flexibility index (Phi) is 3.65. The van der Waals surface area contributed by atoms with Crippen LogP contribution < -0.4 is 5.32 Å². The van der Waals surface area contributed by atoms with Crippen LogP contribution in [0.5, 0.6) is 0 Å². The van der Waals surface area contributed by atoms with Crippen molar-refractivity contribution < 1.29 is 4.74 Å². The molecule has 2 aliphatic heterocycles. The molecule has 0 bridgehead atoms. The largest absolute Gasteiger partial charge is 0.374 e. The van der Waals surface area contributed by atoms with Crippen molar-refractivity contribution in [1.29, 1.82) is 0 Å². The molecule has 2 heterocycles. The second-order valence-corrected chi connectivity index (χ2v) is 6.79. The van der Waals surface area contributed by atoms with Crippen LogP contribution in [0.15, 0.2) is 0 Å². The van der Waals surface area contributed by atoms with Gasteiger partial charge in [0.15, 0.2) is 0 Å². The lowest BCUT2D eigenvalue weighted by Gasteiger charge is -2.46. The molecule has 0 radical (unpaired) electrons. The standard InChI is InChI=1S/C15H28N2O/c1-12-9-16-15(7-3-4-8-15)11-17(12)10-14-6-5-13(2)18-14/h12-14,16H,3-11H2,1-2H3. The highest BCUT2D eigenvalue weighted by atomic mass is 16.5. The molecule has 0 aromatic carbocycles. The first-order valence-electron chi connectivity index (χ1n) is 7.81. The summed E-state index contributed by atoms with van der Waals surface area (Å²) in [6.07, 6.45) is 9.03. The Labute approximate surface area is 111 Å². The van der Waals surface area contributed by atoms with Gasteiger partial charge in [-0.25, -0.2) is 0 Å². The fraction of sp³-hybridized carbons (Fsp3) is 1.00. The van der Waals surface area contributed by atoms with E-state index in [2.05, 4.69) is 24.1 Å². The highest BCUT2D eigenvalue weighted by molar-refractivity contribution is 5.00. The number of nitrogens with one attached hydrogen (secondary N) is 1. The van der Waals surface area contributed by atoms with Gasteiger partial charge in [-0.15, -0.1) is 0 Å². The van der Waals surface area contributed by atoms with Gasteiger partial charge in [0.1, 0.15) is 0 Å². The van der Waals surface area contributed by atoms with E-state index < -0.39 is 0 Å². The Hall–Kier alpha value is -0.120. The van der Waals surface area contributed by atoms with Gasteiger partial charge >= 0.3 is 0 Å². The van der Waals surface area contributed by atoms with Crippen molar-refractivity contribution >= 4 is 0 Å². The zero-order valence-electron chi connectivity index (χ0n) is 12.0. The third-order valence-corrected chi connectivity index (χ3v) is 5.22. The SMILES string of the molecule is CC1CCC(CN2CC3(CCCC3)NCC2C)O1. The van der Waals surface area contributed by atoms with E-state index >= 15 is 0 Å². The van der Waals surface area contributed by atoms with Gasteiger partial charge in [0, 0.05) is 31.2 Å². The van der Waals surface area contributed by atoms with Crippen molar-refractivity contribution in [1.82, 2.24) is 10.2 Å². The van der Waals surface area contributed by atoms with Crippen molar-refractivity contribution in [3.8, 4) is 0 Å². The van der Waals surface area contributed by atoms with E-state index in [1.807, 2.05) is 0 Å². The summed E-state index contributed by atoms with van der Waals surface area (Å²) in [6.45, 7) is 8.10. The molecule has 0 aromatic rings. The van der Waals surface area contributed by atoms with E-state index in [9.17, 15) is 0 Å². The molecule has 2 saturated heterocycles. The summed E-state index contributed by atoms with van der Waals surface area (Å²) < 4.78 is 6.00. The quantitative estimate of drug-likeness (QED) is 0.815. The van der Waals surface area contributed by atoms with Gasteiger partial charge in [0.2, 0.25) is 0 Å². The Bertz CT molecular complexity index is 288. The molecule has 1 N–H and O–H groups in total. The van der Waals surface area contributed by atoms with E-state index in [-0.39, 0.29) is 0 Å². The Balaban J connectivity index is 1.59. The van der Waals surface area contributed by atoms with Gasteiger partial charge in [0.25, 0.3) is 0 Å². The number of ether oxygens (including phenoxy) is 1. The van der Waals surface area contributed by atoms with Crippen LogP contribution in [0, 0.1) is 0 Å². The first-order valence-corrected chi connectivity index (χ1v) is 7.81. The molecule has 0 aromatic heterocycles. The molecule has 3 fully saturated rings. The van der Waals surface area contributed by atoms with Gasteiger partial charge in [-0.3, -0.25) is 4.90 Å². The lowest BCUT2D eigenvalue weighted by atomic mass is 9.92. The molecule has 3 aliphatic rings. The summed E-state index contributed by atoms with van der Waals surface area (Å²) in [5, 5.41) is 3.83. The highest BCUT2D eigenvalue weighted by Gasteiger charge is 2.40. The monoisotopic (exact) mass is 252 g/mol. The van der Waals surface area contributed by atoms with Crippen molar-refractivity contribution in [3.05, 3.63) is 0 Å². The lowest BCUT2D eigenvalue weighted by Crippen LogP contribution is -2.63. The van der Waals surface area contributed by atoms with Gasteiger partial charge in [-0.1, -0.05) is 12.8 Å². The zero-order valence-corrected chi connectivity index (χ0v) is 12.0. The van der Waals surface area contributed by atoms with Gasteiger partial charge in [-0.2, -0.15) is 0 Å². The van der Waals surface area contributed by atoms with Gasteiger partial charge in [0.05, 0.1) is 12.2 Å². The van der Waals surface area contributed by atoms with Crippen LogP contribution in [0.2, 0.25) is 0 Å². The average molecular weight is 252 g/mol. The maximum atomic E-state index is 6.00. The average Bonchev–Trinajstić information content (AvgIpc) is 2.95. The summed E-state index contributed by atoms with van der Waals surface area (Å²) >= 11 is 0. The molecule has 3 atom stereocenters. The van der Waals surface area contributed by atoms with Crippen LogP contribution in [-0.4, -0.2) is 48.3 Å². The minimum Gasteiger partial charge on any atom is -0.374 e. The first kappa shape index (κ1) is 12.9. The van der Waals surface area contributed by atoms with Crippen molar-refractivity contribution in [2.45, 2.75) is 76.2 Å². The maximum absolute atomic E-state index is 6.00. The third kappa shape index (κ3) is 2.59. The molecule has 3 unspecified atom stereocenters. The van der Waals surface area contributed by atoms with E-state index in [1.54, 1.807) is 0 Å². The van der Waals surface area contributed by atoms with Crippen LogP contribution in [-0.2, 0) is 4.74 Å². The molecule has 104 valence electrons. The number of nitrogens with zero attached hydrogens (tertiary/aromatic N) is 1. The third-order valence-electron chi connectivity index (χ3n) is 5.22. The highest BCUT2D eigenvalue weighted by Crippen LogP contribution is 2.33. The van der Waals surface area contributed by atoms with Crippen LogP contribution in [0.1, 0.15) is 52.4 Å². The fourth-order valence-electron chi connectivity index (χ4n) is 4.01. The van der Waals surface area contributed by atoms with E-state index in [0.29, 0.717) is 23.8 Å². The van der Waals surface area contributed by atoms with E-state index in [1.165, 1.54) is 45.1 Å². The molecule has 1 saturated carbocycles. The lowest BCUT2D eigenvalue weighted by molar-refractivity contribution is 0.00214. The Morgan fingerprint density at radius 3 is 2.67 bits per heavy atom. The van der Waals surface area contributed by atoms with Gasteiger partial charge < -0.3 is 10.1 Å². The van der Waals surface area contributed by atoms with E-state index in [4.69, 9.17) is 4.74 Å². The van der Waals surface area contributed by atoms with Crippen LogP contribution >= 0.6 is 0 Å². The summed E-state index contributed by atoms with van der Waals surface area (Å²) in [4.78, 5) is 2.69. The number of hydrogen-bond donors (Lipinski definition) is 1. The second-order valence-electron chi connectivity index (χ2n) is 6.79. The molecule has 1 spiro atoms. The summed E-state index contributed by atoms with van der Waals surface area (Å²) in [7, 11) is 0. The van der Waals surface area contributed by atoms with Crippen molar-refractivity contribution in [2.24, 2.45) is 0 Å². The minimum atomic E-state index is 0.441. The van der Waals surface area contributed by atoms with Crippen LogP contribution in [0.3, 0.4) is 0 Å². The molecular formula is C15H28N2O. The second kappa shape index (κ2) is 5.10. The molecule has 0 amide bonds. The number of rotatable bonds is 2. The van der Waals surface area contributed by atoms with Gasteiger partial charge in [-0.05, 0) is 39.5 Å². The summed E-state index contributed by atoms with van der Waals surface area (Å²) in [5.41, 5.74) is 0.441. The normalized spacial score (nSPS) is 40.7. The molecule has 1 aliphatic carbocycles. The molecule has 3 nitrogen and oxygen atoms in total. The first-order chi connectivity index (χ1) is 8.67. The topological polar surface area (TPSA) is 24.5 Å². The van der Waals surface area contributed by atoms with Crippen LogP contribution in [0.25, 0.3) is 0 Å². The minimum absolute atomic E-state index is 0.441. The predicted octanol–water partition coefficient (Wildman–Crippen LogP) is 2.16. The van der Waals surface area contributed by atoms with Crippen molar-refractivity contribution in [2.75, 3.05) is 19.6 Å². The molecule has 3 rings (SSSR count). The maximum Gasteiger partial charge on any atom is 0.0706 e.